The van der Waals surface area contributed by atoms with E-state index >= 15 is 0 Å². The summed E-state index contributed by atoms with van der Waals surface area (Å²) in [5.74, 6) is 1.96. The molecule has 1 aromatic rings. The maximum atomic E-state index is 6.07. The molecule has 1 heterocycles. The van der Waals surface area contributed by atoms with Gasteiger partial charge in [0.2, 0.25) is 0 Å². The van der Waals surface area contributed by atoms with Gasteiger partial charge in [0.1, 0.15) is 11.6 Å². The highest BCUT2D eigenvalue weighted by atomic mass is 16.5. The Morgan fingerprint density at radius 1 is 1.37 bits per heavy atom. The fraction of sp³-hybridized carbons (Fsp3) is 0.438. The molecule has 19 heavy (non-hydrogen) atoms. The zero-order valence-corrected chi connectivity index (χ0v) is 12.2. The van der Waals surface area contributed by atoms with Gasteiger partial charge in [-0.3, -0.25) is 4.99 Å². The van der Waals surface area contributed by atoms with E-state index in [1.165, 1.54) is 11.1 Å². The standard InChI is InChI=1S/C14H20N2O.C2H4/c1-4-12(14-15-8-9-16-14)17-13-7-5-6-10(2)11(13)3;1-2/h5-7,12H,4,8-9H2,1-3H3,(H,15,16);1-2H2. The quantitative estimate of drug-likeness (QED) is 0.843. The number of ether oxygens (including phenoxy) is 1. The zero-order chi connectivity index (χ0) is 14.3. The van der Waals surface area contributed by atoms with Gasteiger partial charge in [-0.25, -0.2) is 0 Å². The van der Waals surface area contributed by atoms with Gasteiger partial charge in [-0.2, -0.15) is 0 Å². The van der Waals surface area contributed by atoms with Crippen LogP contribution < -0.4 is 10.1 Å². The molecule has 1 aliphatic heterocycles. The summed E-state index contributed by atoms with van der Waals surface area (Å²) in [7, 11) is 0. The van der Waals surface area contributed by atoms with E-state index in [-0.39, 0.29) is 6.10 Å². The molecule has 0 aromatic heterocycles. The van der Waals surface area contributed by atoms with E-state index < -0.39 is 0 Å². The molecule has 1 aromatic carbocycles. The number of hydrogen-bond donors (Lipinski definition) is 1. The smallest absolute Gasteiger partial charge is 0.155 e. The highest BCUT2D eigenvalue weighted by Crippen LogP contribution is 2.22. The summed E-state index contributed by atoms with van der Waals surface area (Å²) in [6.07, 6.45) is 0.983. The van der Waals surface area contributed by atoms with E-state index in [9.17, 15) is 0 Å². The van der Waals surface area contributed by atoms with Crippen LogP contribution in [0.1, 0.15) is 24.5 Å². The Morgan fingerprint density at radius 2 is 2.11 bits per heavy atom. The van der Waals surface area contributed by atoms with Crippen molar-refractivity contribution in [2.45, 2.75) is 33.3 Å². The van der Waals surface area contributed by atoms with Gasteiger partial charge in [-0.1, -0.05) is 19.1 Å². The average Bonchev–Trinajstić information content (AvgIpc) is 2.97. The van der Waals surface area contributed by atoms with Gasteiger partial charge in [0.25, 0.3) is 0 Å². The van der Waals surface area contributed by atoms with Crippen molar-refractivity contribution in [3.05, 3.63) is 42.5 Å². The van der Waals surface area contributed by atoms with Gasteiger partial charge in [-0.05, 0) is 37.5 Å². The molecule has 0 spiro atoms. The Bertz CT molecular complexity index is 440. The summed E-state index contributed by atoms with van der Waals surface area (Å²) in [5, 5.41) is 3.29. The van der Waals surface area contributed by atoms with Crippen LogP contribution in [-0.4, -0.2) is 25.0 Å². The fourth-order valence-corrected chi connectivity index (χ4v) is 1.97. The number of rotatable bonds is 4. The van der Waals surface area contributed by atoms with E-state index in [0.29, 0.717) is 0 Å². The minimum atomic E-state index is 0.0537. The molecule has 0 amide bonds. The van der Waals surface area contributed by atoms with Crippen LogP contribution in [0.2, 0.25) is 0 Å². The van der Waals surface area contributed by atoms with Gasteiger partial charge >= 0.3 is 0 Å². The molecule has 1 N–H and O–H groups in total. The zero-order valence-electron chi connectivity index (χ0n) is 12.2. The molecule has 0 radical (unpaired) electrons. The molecule has 0 saturated heterocycles. The first kappa shape index (κ1) is 15.3. The normalized spacial score (nSPS) is 14.8. The van der Waals surface area contributed by atoms with Gasteiger partial charge in [-0.15, -0.1) is 13.2 Å². The summed E-state index contributed by atoms with van der Waals surface area (Å²) in [5.41, 5.74) is 2.48. The first-order valence-electron chi connectivity index (χ1n) is 6.73. The van der Waals surface area contributed by atoms with Crippen molar-refractivity contribution in [1.82, 2.24) is 5.32 Å². The summed E-state index contributed by atoms with van der Waals surface area (Å²) in [6.45, 7) is 14.1. The molecule has 1 atom stereocenters. The topological polar surface area (TPSA) is 33.6 Å². The Labute approximate surface area is 116 Å². The molecule has 1 aliphatic rings. The monoisotopic (exact) mass is 260 g/mol. The largest absolute Gasteiger partial charge is 0.482 e. The maximum absolute atomic E-state index is 6.07. The number of nitrogens with zero attached hydrogens (tertiary/aromatic N) is 1. The van der Waals surface area contributed by atoms with Crippen LogP contribution in [-0.2, 0) is 0 Å². The van der Waals surface area contributed by atoms with E-state index in [2.05, 4.69) is 50.3 Å². The number of nitrogens with one attached hydrogen (secondary N) is 1. The van der Waals surface area contributed by atoms with Crippen molar-refractivity contribution in [2.24, 2.45) is 4.99 Å². The first-order valence-corrected chi connectivity index (χ1v) is 6.73. The highest BCUT2D eigenvalue weighted by Gasteiger charge is 2.19. The van der Waals surface area contributed by atoms with Crippen molar-refractivity contribution in [3.63, 3.8) is 0 Å². The highest BCUT2D eigenvalue weighted by molar-refractivity contribution is 5.88. The molecule has 2 rings (SSSR count). The fourth-order valence-electron chi connectivity index (χ4n) is 1.97. The van der Waals surface area contributed by atoms with Crippen LogP contribution >= 0.6 is 0 Å². The van der Waals surface area contributed by atoms with Crippen molar-refractivity contribution in [2.75, 3.05) is 13.1 Å². The van der Waals surface area contributed by atoms with Crippen LogP contribution in [0, 0.1) is 13.8 Å². The molecule has 0 bridgehead atoms. The lowest BCUT2D eigenvalue weighted by Crippen LogP contribution is -2.35. The lowest BCUT2D eigenvalue weighted by Gasteiger charge is -2.20. The van der Waals surface area contributed by atoms with Gasteiger partial charge in [0.15, 0.2) is 6.10 Å². The van der Waals surface area contributed by atoms with E-state index in [1.807, 2.05) is 12.1 Å². The van der Waals surface area contributed by atoms with Crippen molar-refractivity contribution >= 4 is 5.84 Å². The maximum Gasteiger partial charge on any atom is 0.155 e. The molecule has 0 saturated carbocycles. The third kappa shape index (κ3) is 3.85. The molecule has 0 fully saturated rings. The number of amidine groups is 1. The van der Waals surface area contributed by atoms with E-state index in [4.69, 9.17) is 4.74 Å². The number of aryl methyl sites for hydroxylation is 1. The Kier molecular flexibility index (Phi) is 6.13. The van der Waals surface area contributed by atoms with Crippen LogP contribution in [0.5, 0.6) is 5.75 Å². The number of hydrogen-bond acceptors (Lipinski definition) is 3. The first-order chi connectivity index (χ1) is 9.22. The van der Waals surface area contributed by atoms with E-state index in [1.54, 1.807) is 0 Å². The van der Waals surface area contributed by atoms with Crippen LogP contribution in [0.4, 0.5) is 0 Å². The molecule has 104 valence electrons. The molecule has 0 aliphatic carbocycles. The molecule has 1 unspecified atom stereocenters. The van der Waals surface area contributed by atoms with Gasteiger partial charge < -0.3 is 10.1 Å². The van der Waals surface area contributed by atoms with Crippen molar-refractivity contribution in [3.8, 4) is 5.75 Å². The summed E-state index contributed by atoms with van der Waals surface area (Å²) in [4.78, 5) is 4.44. The number of benzene rings is 1. The summed E-state index contributed by atoms with van der Waals surface area (Å²) in [6, 6.07) is 6.17. The van der Waals surface area contributed by atoms with Crippen molar-refractivity contribution < 1.29 is 4.74 Å². The van der Waals surface area contributed by atoms with Crippen LogP contribution in [0.3, 0.4) is 0 Å². The molecule has 3 nitrogen and oxygen atoms in total. The lowest BCUT2D eigenvalue weighted by atomic mass is 10.1. The Morgan fingerprint density at radius 3 is 2.68 bits per heavy atom. The average molecular weight is 260 g/mol. The van der Waals surface area contributed by atoms with Gasteiger partial charge in [0.05, 0.1) is 6.54 Å². The minimum absolute atomic E-state index is 0.0537. The third-order valence-corrected chi connectivity index (χ3v) is 3.20. The second-order valence-electron chi connectivity index (χ2n) is 4.41. The van der Waals surface area contributed by atoms with Crippen molar-refractivity contribution in [1.29, 1.82) is 0 Å². The molecular formula is C16H24N2O. The van der Waals surface area contributed by atoms with E-state index in [0.717, 1.165) is 31.1 Å². The van der Waals surface area contributed by atoms with Crippen LogP contribution in [0.25, 0.3) is 0 Å². The minimum Gasteiger partial charge on any atom is -0.482 e. The summed E-state index contributed by atoms with van der Waals surface area (Å²) < 4.78 is 6.07. The Hall–Kier alpha value is -1.77. The molecular weight excluding hydrogens is 236 g/mol. The predicted octanol–water partition coefficient (Wildman–Crippen LogP) is 3.26. The van der Waals surface area contributed by atoms with Gasteiger partial charge in [0, 0.05) is 6.54 Å². The SMILES string of the molecule is C=C.CCC(Oc1cccc(C)c1C)C1=NCCN1. The predicted molar refractivity (Wildman–Crippen MR) is 82.2 cm³/mol. The van der Waals surface area contributed by atoms with Crippen LogP contribution in [0.15, 0.2) is 36.3 Å². The lowest BCUT2D eigenvalue weighted by molar-refractivity contribution is 0.257. The summed E-state index contributed by atoms with van der Waals surface area (Å²) >= 11 is 0. The second kappa shape index (κ2) is 7.62. The number of aliphatic imine (C=N–C) groups is 1. The Balaban J connectivity index is 0.000000861. The third-order valence-electron chi connectivity index (χ3n) is 3.20. The molecule has 3 heteroatoms. The second-order valence-corrected chi connectivity index (χ2v) is 4.41.